The minimum atomic E-state index is -5.62. The molecule has 12 nitrogen and oxygen atoms in total. The summed E-state index contributed by atoms with van der Waals surface area (Å²) < 4.78 is 103. The van der Waals surface area contributed by atoms with Gasteiger partial charge in [0.15, 0.2) is 0 Å². The van der Waals surface area contributed by atoms with Crippen molar-refractivity contribution >= 4 is 17.4 Å². The Morgan fingerprint density at radius 3 is 0.438 bits per heavy atom. The average molecular weight is 384 g/mol. The molecule has 0 spiro atoms. The van der Waals surface area contributed by atoms with E-state index in [1.165, 1.54) is 0 Å². The number of hydrogen-bond donors (Lipinski definition) is 0. The third-order valence-corrected chi connectivity index (χ3v) is 0. The second-order valence-corrected chi connectivity index (χ2v) is 4.68. The second kappa shape index (κ2) is 9.23. The summed E-state index contributed by atoms with van der Waals surface area (Å²) in [4.78, 5) is 0. The summed E-state index contributed by atoms with van der Waals surface area (Å²) in [5.41, 5.74) is 0. The van der Waals surface area contributed by atoms with Gasteiger partial charge in [0.25, 0.3) is 0 Å². The van der Waals surface area contributed by atoms with E-state index in [-0.39, 0.29) is 17.4 Å². The van der Waals surface area contributed by atoms with E-state index < -0.39 is 38.9 Å². The van der Waals surface area contributed by atoms with Crippen LogP contribution in [0.2, 0.25) is 0 Å². The van der Waals surface area contributed by atoms with Crippen LogP contribution in [0.25, 0.3) is 0 Å². The molecule has 0 rings (SSSR count). The van der Waals surface area contributed by atoms with Gasteiger partial charge in [-0.25, -0.2) is 0 Å². The molecule has 0 radical (unpaired) electrons. The van der Waals surface area contributed by atoms with Crippen LogP contribution in [0, 0.1) is 0 Å². The molecule has 0 aromatic rings. The standard InChI is InChI=1S/Al.3Mn.12O/q+3;;;;;;;;;;;;;3*-1. The monoisotopic (exact) mass is 384 g/mol. The number of hydrogen-bond acceptors (Lipinski definition) is 12. The van der Waals surface area contributed by atoms with Crippen LogP contribution in [0.1, 0.15) is 0 Å². The van der Waals surface area contributed by atoms with Crippen LogP contribution in [0.15, 0.2) is 0 Å². The zero-order chi connectivity index (χ0) is 13.5. The van der Waals surface area contributed by atoms with Crippen LogP contribution in [0.3, 0.4) is 0 Å². The fourth-order valence-corrected chi connectivity index (χ4v) is 0. The van der Waals surface area contributed by atoms with Gasteiger partial charge in [0.1, 0.15) is 0 Å². The van der Waals surface area contributed by atoms with E-state index in [2.05, 4.69) is 0 Å². The predicted molar refractivity (Wildman–Crippen MR) is 11.9 cm³/mol. The molecule has 0 heterocycles. The maximum absolute atomic E-state index is 8.58. The van der Waals surface area contributed by atoms with Gasteiger partial charge in [-0.05, 0) is 0 Å². The minimum absolute atomic E-state index is 0. The molecule has 16 heteroatoms. The summed E-state index contributed by atoms with van der Waals surface area (Å²) >= 11 is -16.9. The third kappa shape index (κ3) is 84200. The van der Waals surface area contributed by atoms with Crippen LogP contribution < -0.4 is 12.6 Å². The maximum atomic E-state index is 8.58. The molecule has 0 saturated heterocycles. The molecule has 0 bridgehead atoms. The summed E-state index contributed by atoms with van der Waals surface area (Å²) in [6.45, 7) is 0. The van der Waals surface area contributed by atoms with Gasteiger partial charge in [0.05, 0.1) is 0 Å². The van der Waals surface area contributed by atoms with Gasteiger partial charge in [-0.2, -0.15) is 0 Å². The van der Waals surface area contributed by atoms with Gasteiger partial charge < -0.3 is 0 Å². The molecule has 96 valence electrons. The molecule has 0 saturated carbocycles. The van der Waals surface area contributed by atoms with Crippen molar-refractivity contribution < 1.29 is 86.0 Å². The fourth-order valence-electron chi connectivity index (χ4n) is 0. The van der Waals surface area contributed by atoms with Crippen LogP contribution in [-0.4, -0.2) is 17.4 Å². The van der Waals surface area contributed by atoms with Gasteiger partial charge in [0.2, 0.25) is 0 Å². The molecule has 0 aliphatic heterocycles. The first-order chi connectivity index (χ1) is 6.00. The van der Waals surface area contributed by atoms with E-state index in [4.69, 9.17) is 47.1 Å². The van der Waals surface area contributed by atoms with Gasteiger partial charge in [-0.1, -0.05) is 0 Å². The molecule has 0 fully saturated rings. The molecule has 0 unspecified atom stereocenters. The Morgan fingerprint density at radius 2 is 0.438 bits per heavy atom. The Morgan fingerprint density at radius 1 is 0.438 bits per heavy atom. The van der Waals surface area contributed by atoms with Crippen molar-refractivity contribution in [2.75, 3.05) is 0 Å². The quantitative estimate of drug-likeness (QED) is 0.358. The Bertz CT molecular complexity index is 480. The average Bonchev–Trinajstić information content (AvgIpc) is 1.41. The van der Waals surface area contributed by atoms with Crippen molar-refractivity contribution in [2.24, 2.45) is 0 Å². The molecule has 0 aliphatic carbocycles. The molecule has 0 aromatic heterocycles. The van der Waals surface area contributed by atoms with E-state index in [1.54, 1.807) is 0 Å². The van der Waals surface area contributed by atoms with Gasteiger partial charge in [-0.3, -0.25) is 0 Å². The summed E-state index contributed by atoms with van der Waals surface area (Å²) in [5.74, 6) is 0. The molecule has 0 aromatic carbocycles. The number of rotatable bonds is 0. The zero-order valence-corrected chi connectivity index (χ0v) is 11.3. The molecule has 0 N–H and O–H groups in total. The Balaban J connectivity index is -0.0000000655. The van der Waals surface area contributed by atoms with Gasteiger partial charge in [-0.15, -0.1) is 0 Å². The van der Waals surface area contributed by atoms with Crippen molar-refractivity contribution in [3.8, 4) is 0 Å². The first-order valence-corrected chi connectivity index (χ1v) is 7.63. The SMILES string of the molecule is [Al+3].[O]=[Mn](=[O])(=[O])[O-].[O]=[Mn](=[O])(=[O])[O-].[O]=[Mn](=[O])(=[O])[O-]. The van der Waals surface area contributed by atoms with E-state index in [0.717, 1.165) is 0 Å². The van der Waals surface area contributed by atoms with E-state index in [1.807, 2.05) is 0 Å². The first-order valence-electron chi connectivity index (χ1n) is 1.85. The van der Waals surface area contributed by atoms with Crippen molar-refractivity contribution in [1.29, 1.82) is 0 Å². The topological polar surface area (TPSA) is 223 Å². The predicted octanol–water partition coefficient (Wildman–Crippen LogP) is -5.02. The van der Waals surface area contributed by atoms with E-state index >= 15 is 0 Å². The van der Waals surface area contributed by atoms with Crippen LogP contribution in [-0.2, 0) is 73.4 Å². The van der Waals surface area contributed by atoms with E-state index in [0.29, 0.717) is 0 Å². The van der Waals surface area contributed by atoms with Gasteiger partial charge >= 0.3 is 103 Å². The summed E-state index contributed by atoms with van der Waals surface area (Å²) in [6, 6.07) is 0. The summed E-state index contributed by atoms with van der Waals surface area (Å²) in [6.07, 6.45) is 0. The van der Waals surface area contributed by atoms with Crippen molar-refractivity contribution in [3.63, 3.8) is 0 Å². The summed E-state index contributed by atoms with van der Waals surface area (Å²) in [5, 5.41) is 0. The third-order valence-electron chi connectivity index (χ3n) is 0. The van der Waals surface area contributed by atoms with Crippen molar-refractivity contribution in [3.05, 3.63) is 0 Å². The first kappa shape index (κ1) is 25.1. The van der Waals surface area contributed by atoms with E-state index in [9.17, 15) is 0 Å². The Labute approximate surface area is 103 Å². The molecule has 16 heavy (non-hydrogen) atoms. The normalized spacial score (nSPS) is 10.7. The summed E-state index contributed by atoms with van der Waals surface area (Å²) in [7, 11) is 0. The molecular weight excluding hydrogens is 384 g/mol. The Kier molecular flexibility index (Phi) is 14.5. The Hall–Kier alpha value is 0.171. The molecule has 0 amide bonds. The van der Waals surface area contributed by atoms with Crippen molar-refractivity contribution in [1.82, 2.24) is 0 Å². The van der Waals surface area contributed by atoms with Crippen LogP contribution in [0.5, 0.6) is 0 Å². The molecule has 0 atom stereocenters. The van der Waals surface area contributed by atoms with Crippen molar-refractivity contribution in [2.45, 2.75) is 0 Å². The second-order valence-electron chi connectivity index (χ2n) is 1.13. The molecular formula is AlMn3O12. The fraction of sp³-hybridized carbons (Fsp3) is 0. The molecule has 0 aliphatic rings. The zero-order valence-electron chi connectivity index (χ0n) is 6.61. The van der Waals surface area contributed by atoms with Gasteiger partial charge in [0, 0.05) is 0 Å². The van der Waals surface area contributed by atoms with Crippen LogP contribution in [0.4, 0.5) is 0 Å². The van der Waals surface area contributed by atoms with Crippen LogP contribution >= 0.6 is 0 Å².